The highest BCUT2D eigenvalue weighted by atomic mass is 16.5. The average molecular weight is 273 g/mol. The lowest BCUT2D eigenvalue weighted by Gasteiger charge is -2.08. The van der Waals surface area contributed by atoms with E-state index in [1.165, 1.54) is 11.1 Å². The minimum atomic E-state index is -0.0878. The smallest absolute Gasteiger partial charge is 0.227 e. The predicted octanol–water partition coefficient (Wildman–Crippen LogP) is 3.04. The molecule has 0 radical (unpaired) electrons. The van der Waals surface area contributed by atoms with Crippen molar-refractivity contribution in [2.75, 3.05) is 17.2 Å². The zero-order chi connectivity index (χ0) is 14.5. The second-order valence-electron chi connectivity index (χ2n) is 4.92. The fourth-order valence-corrected chi connectivity index (χ4v) is 2.03. The van der Waals surface area contributed by atoms with E-state index >= 15 is 0 Å². The Kier molecular flexibility index (Phi) is 4.40. The maximum Gasteiger partial charge on any atom is 0.227 e. The molecule has 0 unspecified atom stereocenters. The van der Waals surface area contributed by atoms with Crippen LogP contribution in [0.15, 0.2) is 28.8 Å². The number of rotatable bonds is 5. The van der Waals surface area contributed by atoms with Gasteiger partial charge in [0, 0.05) is 24.7 Å². The summed E-state index contributed by atoms with van der Waals surface area (Å²) in [6.45, 7) is 6.46. The van der Waals surface area contributed by atoms with Crippen LogP contribution in [0.25, 0.3) is 0 Å². The summed E-state index contributed by atoms with van der Waals surface area (Å²) in [6, 6.07) is 7.93. The van der Waals surface area contributed by atoms with Gasteiger partial charge in [-0.3, -0.25) is 4.79 Å². The molecule has 106 valence electrons. The van der Waals surface area contributed by atoms with E-state index in [-0.39, 0.29) is 5.91 Å². The van der Waals surface area contributed by atoms with E-state index in [0.717, 1.165) is 5.69 Å². The topological polar surface area (TPSA) is 67.2 Å². The largest absolute Gasteiger partial charge is 0.385 e. The molecule has 1 aromatic heterocycles. The van der Waals surface area contributed by atoms with Gasteiger partial charge in [-0.25, -0.2) is 0 Å². The molecule has 1 amide bonds. The highest BCUT2D eigenvalue weighted by Gasteiger charge is 2.05. The van der Waals surface area contributed by atoms with Crippen LogP contribution in [0, 0.1) is 20.8 Å². The lowest BCUT2D eigenvalue weighted by Crippen LogP contribution is -2.16. The molecule has 0 spiro atoms. The number of carbonyl (C=O) groups is 1. The molecule has 2 N–H and O–H groups in total. The van der Waals surface area contributed by atoms with Crippen LogP contribution in [0.3, 0.4) is 0 Å². The zero-order valence-corrected chi connectivity index (χ0v) is 12.0. The Morgan fingerprint density at radius 2 is 1.85 bits per heavy atom. The molecule has 2 aromatic rings. The van der Waals surface area contributed by atoms with E-state index in [2.05, 4.69) is 47.8 Å². The molecule has 20 heavy (non-hydrogen) atoms. The number of hydrogen-bond donors (Lipinski definition) is 2. The van der Waals surface area contributed by atoms with E-state index < -0.39 is 0 Å². The van der Waals surface area contributed by atoms with Crippen LogP contribution < -0.4 is 10.6 Å². The SMILES string of the molecule is Cc1cc(C)cc(NCCC(=O)Nc2cc(C)on2)c1. The molecule has 0 bridgehead atoms. The molecule has 0 atom stereocenters. The van der Waals surface area contributed by atoms with Gasteiger partial charge >= 0.3 is 0 Å². The number of nitrogens with one attached hydrogen (secondary N) is 2. The Morgan fingerprint density at radius 1 is 1.15 bits per heavy atom. The summed E-state index contributed by atoms with van der Waals surface area (Å²) >= 11 is 0. The summed E-state index contributed by atoms with van der Waals surface area (Å²) in [5.74, 6) is 1.04. The van der Waals surface area contributed by atoms with Gasteiger partial charge in [0.25, 0.3) is 0 Å². The van der Waals surface area contributed by atoms with Gasteiger partial charge in [-0.2, -0.15) is 0 Å². The van der Waals surface area contributed by atoms with Gasteiger partial charge in [-0.05, 0) is 44.0 Å². The third-order valence-corrected chi connectivity index (χ3v) is 2.80. The molecule has 5 heteroatoms. The third kappa shape index (κ3) is 4.12. The van der Waals surface area contributed by atoms with Crippen LogP contribution in [0.2, 0.25) is 0 Å². The molecule has 0 aliphatic carbocycles. The molecule has 1 heterocycles. The molecular weight excluding hydrogens is 254 g/mol. The van der Waals surface area contributed by atoms with E-state index in [9.17, 15) is 4.79 Å². The number of amides is 1. The molecule has 5 nitrogen and oxygen atoms in total. The summed E-state index contributed by atoms with van der Waals surface area (Å²) in [7, 11) is 0. The van der Waals surface area contributed by atoms with Gasteiger partial charge in [0.05, 0.1) is 0 Å². The maximum atomic E-state index is 11.7. The van der Waals surface area contributed by atoms with Gasteiger partial charge in [0.1, 0.15) is 5.76 Å². The first-order valence-electron chi connectivity index (χ1n) is 6.58. The van der Waals surface area contributed by atoms with Crippen LogP contribution in [-0.2, 0) is 4.79 Å². The number of aromatic nitrogens is 1. The van der Waals surface area contributed by atoms with Crippen molar-refractivity contribution in [1.29, 1.82) is 0 Å². The van der Waals surface area contributed by atoms with Gasteiger partial charge in [0.2, 0.25) is 5.91 Å². The summed E-state index contributed by atoms with van der Waals surface area (Å²) in [5.41, 5.74) is 3.44. The predicted molar refractivity (Wildman–Crippen MR) is 78.9 cm³/mol. The van der Waals surface area contributed by atoms with E-state index in [0.29, 0.717) is 24.5 Å². The Labute approximate surface area is 118 Å². The zero-order valence-electron chi connectivity index (χ0n) is 12.0. The number of hydrogen-bond acceptors (Lipinski definition) is 4. The van der Waals surface area contributed by atoms with E-state index in [4.69, 9.17) is 4.52 Å². The number of aryl methyl sites for hydroxylation is 3. The van der Waals surface area contributed by atoms with Crippen LogP contribution in [0.1, 0.15) is 23.3 Å². The fraction of sp³-hybridized carbons (Fsp3) is 0.333. The van der Waals surface area contributed by atoms with Gasteiger partial charge < -0.3 is 15.2 Å². The molecule has 1 aromatic carbocycles. The molecule has 2 rings (SSSR count). The van der Waals surface area contributed by atoms with Crippen molar-refractivity contribution < 1.29 is 9.32 Å². The Hall–Kier alpha value is -2.30. The number of nitrogens with zero attached hydrogens (tertiary/aromatic N) is 1. The van der Waals surface area contributed by atoms with Crippen molar-refractivity contribution in [2.45, 2.75) is 27.2 Å². The van der Waals surface area contributed by atoms with Crippen LogP contribution in [-0.4, -0.2) is 17.6 Å². The highest BCUT2D eigenvalue weighted by molar-refractivity contribution is 5.89. The average Bonchev–Trinajstić information content (AvgIpc) is 2.73. The van der Waals surface area contributed by atoms with Gasteiger partial charge in [0.15, 0.2) is 5.82 Å². The van der Waals surface area contributed by atoms with E-state index in [1.807, 2.05) is 0 Å². The first-order chi connectivity index (χ1) is 9.52. The first-order valence-corrected chi connectivity index (χ1v) is 6.58. The lowest BCUT2D eigenvalue weighted by atomic mass is 10.1. The van der Waals surface area contributed by atoms with Crippen molar-refractivity contribution in [3.63, 3.8) is 0 Å². The summed E-state index contributed by atoms with van der Waals surface area (Å²) < 4.78 is 4.89. The Bertz CT molecular complexity index is 585. The third-order valence-electron chi connectivity index (χ3n) is 2.80. The normalized spacial score (nSPS) is 10.3. The summed E-state index contributed by atoms with van der Waals surface area (Å²) in [6.07, 6.45) is 0.374. The van der Waals surface area contributed by atoms with Crippen molar-refractivity contribution in [1.82, 2.24) is 5.16 Å². The second-order valence-corrected chi connectivity index (χ2v) is 4.92. The van der Waals surface area contributed by atoms with Crippen molar-refractivity contribution in [3.8, 4) is 0 Å². The Balaban J connectivity index is 1.79. The minimum absolute atomic E-state index is 0.0878. The molecule has 0 aliphatic rings. The molecule has 0 aliphatic heterocycles. The second kappa shape index (κ2) is 6.23. The fourth-order valence-electron chi connectivity index (χ4n) is 2.03. The Morgan fingerprint density at radius 3 is 2.45 bits per heavy atom. The molecule has 0 saturated heterocycles. The van der Waals surface area contributed by atoms with Crippen molar-refractivity contribution >= 4 is 17.4 Å². The highest BCUT2D eigenvalue weighted by Crippen LogP contribution is 2.13. The summed E-state index contributed by atoms with van der Waals surface area (Å²) in [4.78, 5) is 11.7. The van der Waals surface area contributed by atoms with Crippen LogP contribution >= 0.6 is 0 Å². The van der Waals surface area contributed by atoms with Gasteiger partial charge in [-0.15, -0.1) is 0 Å². The maximum absolute atomic E-state index is 11.7. The van der Waals surface area contributed by atoms with Crippen LogP contribution in [0.4, 0.5) is 11.5 Å². The quantitative estimate of drug-likeness (QED) is 0.878. The number of anilines is 2. The monoisotopic (exact) mass is 273 g/mol. The minimum Gasteiger partial charge on any atom is -0.385 e. The van der Waals surface area contributed by atoms with Crippen molar-refractivity contribution in [3.05, 3.63) is 41.2 Å². The summed E-state index contributed by atoms with van der Waals surface area (Å²) in [5, 5.41) is 9.65. The first kappa shape index (κ1) is 14.1. The standard InChI is InChI=1S/C15H19N3O2/c1-10-6-11(2)8-13(7-10)16-5-4-15(19)17-14-9-12(3)20-18-14/h6-9,16H,4-5H2,1-3H3,(H,17,18,19). The van der Waals surface area contributed by atoms with Crippen molar-refractivity contribution in [2.24, 2.45) is 0 Å². The number of carbonyl (C=O) groups excluding carboxylic acids is 1. The molecule has 0 saturated carbocycles. The van der Waals surface area contributed by atoms with Gasteiger partial charge in [-0.1, -0.05) is 11.2 Å². The number of benzene rings is 1. The van der Waals surface area contributed by atoms with E-state index in [1.54, 1.807) is 13.0 Å². The lowest BCUT2D eigenvalue weighted by molar-refractivity contribution is -0.116. The molecule has 0 fully saturated rings. The molecular formula is C15H19N3O2. The van der Waals surface area contributed by atoms with Crippen LogP contribution in [0.5, 0.6) is 0 Å².